The topological polar surface area (TPSA) is 44.2 Å². The summed E-state index contributed by atoms with van der Waals surface area (Å²) in [5, 5.41) is 0. The monoisotopic (exact) mass is 808 g/mol. The molecule has 0 atom stereocenters. The largest absolute Gasteiger partial charge is 0.489 e. The average molecular weight is 809 g/mol. The van der Waals surface area contributed by atoms with Crippen LogP contribution in [0.5, 0.6) is 11.5 Å². The van der Waals surface area contributed by atoms with Gasteiger partial charge in [0.15, 0.2) is 11.5 Å². The first-order valence-electron chi connectivity index (χ1n) is 17.7. The van der Waals surface area contributed by atoms with Crippen LogP contribution in [0.25, 0.3) is 41.7 Å². The lowest BCUT2D eigenvalue weighted by Gasteiger charge is -2.17. The molecular weight excluding hydrogens is 774 g/mol. The summed E-state index contributed by atoms with van der Waals surface area (Å²) < 4.78 is 67.5. The second-order valence-corrected chi connectivity index (χ2v) is 16.3. The van der Waals surface area contributed by atoms with E-state index in [0.717, 1.165) is 53.6 Å². The molecule has 0 aliphatic rings. The molecule has 5 aromatic rings. The van der Waals surface area contributed by atoms with Gasteiger partial charge >= 0.3 is 0 Å². The van der Waals surface area contributed by atoms with Crippen LogP contribution in [0.3, 0.4) is 0 Å². The molecule has 4 nitrogen and oxygen atoms in total. The molecule has 1 aromatic carbocycles. The summed E-state index contributed by atoms with van der Waals surface area (Å²) in [6.07, 6.45) is 19.2. The third-order valence-electron chi connectivity index (χ3n) is 8.20. The summed E-state index contributed by atoms with van der Waals surface area (Å²) in [7, 11) is 0. The lowest BCUT2D eigenvalue weighted by molar-refractivity contribution is 0.295. The molecule has 0 spiro atoms. The number of benzene rings is 1. The molecule has 0 aliphatic heterocycles. The zero-order valence-corrected chi connectivity index (χ0v) is 33.8. The van der Waals surface area contributed by atoms with Gasteiger partial charge < -0.3 is 9.47 Å². The fourth-order valence-electron chi connectivity index (χ4n) is 5.64. The molecule has 0 fully saturated rings. The fourth-order valence-corrected chi connectivity index (χ4v) is 9.24. The van der Waals surface area contributed by atoms with E-state index in [1.54, 1.807) is 13.8 Å². The first-order valence-corrected chi connectivity index (χ1v) is 20.9. The Labute approximate surface area is 337 Å². The Morgan fingerprint density at radius 1 is 0.618 bits per heavy atom. The van der Waals surface area contributed by atoms with Crippen molar-refractivity contribution >= 4 is 56.8 Å². The lowest BCUT2D eigenvalue weighted by Crippen LogP contribution is -2.03. The number of hydrogen-bond donors (Lipinski definition) is 0. The van der Waals surface area contributed by atoms with Crippen LogP contribution in [0.1, 0.15) is 80.9 Å². The maximum absolute atomic E-state index is 15.7. The standard InChI is InChI=1S/C44H35F3N2O2S4/c1-5-7-9-11-13-15-17-19-21-23-25-50-41-37(35-28-32(45)31(4)53-35)39-40(49-55-48-39)38(36-29-34(47)44(54-36)43-33(46)27-30(3)52-43)42(41)51-26-24-22-20-18-16-14-12-10-8-6-2/h1,27-29H,6,8,10,12,14,16,18,20,22,24,26H2,2-4H3. The number of terminal acetylenes is 1. The molecule has 0 unspecified atom stereocenters. The van der Waals surface area contributed by atoms with Gasteiger partial charge in [-0.05, 0) is 68.1 Å². The van der Waals surface area contributed by atoms with Crippen LogP contribution < -0.4 is 9.47 Å². The van der Waals surface area contributed by atoms with Crippen molar-refractivity contribution < 1.29 is 22.6 Å². The van der Waals surface area contributed by atoms with Crippen molar-refractivity contribution in [2.75, 3.05) is 6.61 Å². The Morgan fingerprint density at radius 3 is 1.73 bits per heavy atom. The van der Waals surface area contributed by atoms with Crippen molar-refractivity contribution in [2.45, 2.75) is 85.0 Å². The van der Waals surface area contributed by atoms with E-state index in [2.05, 4.69) is 81.0 Å². The molecule has 4 heterocycles. The Balaban J connectivity index is 1.55. The van der Waals surface area contributed by atoms with Gasteiger partial charge in [0.25, 0.3) is 0 Å². The van der Waals surface area contributed by atoms with E-state index in [9.17, 15) is 8.78 Å². The number of fused-ring (bicyclic) bond motifs is 1. The molecule has 278 valence electrons. The van der Waals surface area contributed by atoms with Crippen LogP contribution in [-0.4, -0.2) is 15.4 Å². The molecule has 4 aromatic heterocycles. The summed E-state index contributed by atoms with van der Waals surface area (Å²) in [6, 6.07) is 4.16. The quantitative estimate of drug-likeness (QED) is 0.0736. The van der Waals surface area contributed by atoms with Crippen LogP contribution in [-0.2, 0) is 0 Å². The number of aryl methyl sites for hydroxylation is 2. The van der Waals surface area contributed by atoms with E-state index >= 15 is 4.39 Å². The number of hydrogen-bond acceptors (Lipinski definition) is 8. The molecule has 0 radical (unpaired) electrons. The van der Waals surface area contributed by atoms with Gasteiger partial charge in [0.05, 0.1) is 39.2 Å². The number of unbranched alkanes of at least 4 members (excludes halogenated alkanes) is 9. The summed E-state index contributed by atoms with van der Waals surface area (Å²) in [4.78, 5) is 2.53. The normalized spacial score (nSPS) is 10.1. The van der Waals surface area contributed by atoms with Crippen molar-refractivity contribution in [1.29, 1.82) is 0 Å². The Morgan fingerprint density at radius 2 is 1.15 bits per heavy atom. The summed E-state index contributed by atoms with van der Waals surface area (Å²) >= 11 is 4.44. The van der Waals surface area contributed by atoms with Gasteiger partial charge in [-0.1, -0.05) is 64.7 Å². The van der Waals surface area contributed by atoms with Gasteiger partial charge in [-0.25, -0.2) is 13.2 Å². The maximum Gasteiger partial charge on any atom is 0.193 e. The minimum Gasteiger partial charge on any atom is -0.489 e. The molecule has 0 aliphatic carbocycles. The summed E-state index contributed by atoms with van der Waals surface area (Å²) in [5.74, 6) is 23.8. The molecule has 55 heavy (non-hydrogen) atoms. The molecule has 11 heteroatoms. The highest BCUT2D eigenvalue weighted by atomic mass is 32.1. The van der Waals surface area contributed by atoms with Gasteiger partial charge in [-0.2, -0.15) is 8.75 Å². The minimum absolute atomic E-state index is 0.161. The third kappa shape index (κ3) is 11.0. The number of nitrogens with zero attached hydrogens (tertiary/aromatic N) is 2. The second kappa shape index (κ2) is 21.1. The van der Waals surface area contributed by atoms with E-state index in [1.807, 2.05) is 0 Å². The van der Waals surface area contributed by atoms with E-state index in [0.29, 0.717) is 43.4 Å². The van der Waals surface area contributed by atoms with Gasteiger partial charge in [-0.15, -0.1) is 40.4 Å². The predicted molar refractivity (Wildman–Crippen MR) is 222 cm³/mol. The van der Waals surface area contributed by atoms with Crippen molar-refractivity contribution in [3.05, 3.63) is 45.4 Å². The number of rotatable bonds is 16. The van der Waals surface area contributed by atoms with E-state index in [4.69, 9.17) is 15.9 Å². The molecular formula is C44H35F3N2O2S4. The molecule has 0 N–H and O–H groups in total. The van der Waals surface area contributed by atoms with Crippen LogP contribution in [0.2, 0.25) is 0 Å². The van der Waals surface area contributed by atoms with E-state index in [-0.39, 0.29) is 27.1 Å². The number of thiophene rings is 3. The molecule has 0 saturated heterocycles. The van der Waals surface area contributed by atoms with E-state index in [1.165, 1.54) is 79.4 Å². The van der Waals surface area contributed by atoms with Crippen molar-refractivity contribution in [3.63, 3.8) is 0 Å². The van der Waals surface area contributed by atoms with E-state index < -0.39 is 11.6 Å². The van der Waals surface area contributed by atoms with Gasteiger partial charge in [0.2, 0.25) is 0 Å². The Kier molecular flexibility index (Phi) is 15.8. The minimum atomic E-state index is -0.579. The maximum atomic E-state index is 15.7. The third-order valence-corrected chi connectivity index (χ3v) is 12.1. The highest BCUT2D eigenvalue weighted by Gasteiger charge is 2.30. The number of halogens is 3. The zero-order valence-electron chi connectivity index (χ0n) is 30.6. The van der Waals surface area contributed by atoms with Crippen molar-refractivity contribution in [3.8, 4) is 114 Å². The van der Waals surface area contributed by atoms with Crippen molar-refractivity contribution in [2.24, 2.45) is 0 Å². The molecule has 0 amide bonds. The second-order valence-electron chi connectivity index (χ2n) is 12.2. The van der Waals surface area contributed by atoms with Crippen molar-refractivity contribution in [1.82, 2.24) is 8.75 Å². The fraction of sp³-hybridized carbons (Fsp3) is 0.318. The molecule has 0 bridgehead atoms. The Bertz CT molecular complexity index is 2490. The van der Waals surface area contributed by atoms with Gasteiger partial charge in [0.1, 0.15) is 34.6 Å². The molecule has 5 rings (SSSR count). The first kappa shape index (κ1) is 41.1. The van der Waals surface area contributed by atoms with Crippen LogP contribution >= 0.6 is 45.7 Å². The Hall–Kier alpha value is -5.11. The highest BCUT2D eigenvalue weighted by Crippen LogP contribution is 2.54. The van der Waals surface area contributed by atoms with Gasteiger partial charge in [-0.3, -0.25) is 0 Å². The molecule has 0 saturated carbocycles. The van der Waals surface area contributed by atoms with Crippen LogP contribution in [0, 0.1) is 103 Å². The highest BCUT2D eigenvalue weighted by molar-refractivity contribution is 7.24. The lowest BCUT2D eigenvalue weighted by atomic mass is 10.0. The zero-order chi connectivity index (χ0) is 39.0. The first-order chi connectivity index (χ1) is 26.8. The number of ether oxygens (including phenoxy) is 2. The SMILES string of the molecule is C#CC#CC#CC#CC#CC#COc1c(OCCCCCCCCCCCC)c(-c2cc(F)c(-c3sc(C)cc3F)s2)c2nsnc2c1-c1cc(F)c(C)s1. The smallest absolute Gasteiger partial charge is 0.193 e. The van der Waals surface area contributed by atoms with Crippen LogP contribution in [0.4, 0.5) is 13.2 Å². The summed E-state index contributed by atoms with van der Waals surface area (Å²) in [5.41, 5.74) is 1.69. The predicted octanol–water partition coefficient (Wildman–Crippen LogP) is 12.2. The summed E-state index contributed by atoms with van der Waals surface area (Å²) in [6.45, 7) is 5.99. The van der Waals surface area contributed by atoms with Gasteiger partial charge in [0, 0.05) is 49.1 Å². The van der Waals surface area contributed by atoms with Crippen LogP contribution in [0.15, 0.2) is 18.2 Å². The number of aromatic nitrogens is 2. The average Bonchev–Trinajstić information content (AvgIpc) is 3.95.